The number of carbonyl (C=O) groups excluding carboxylic acids is 1. The van der Waals surface area contributed by atoms with Gasteiger partial charge in [0.1, 0.15) is 5.69 Å². The Hall–Kier alpha value is -1.06. The van der Waals surface area contributed by atoms with Crippen LogP contribution in [0.2, 0.25) is 0 Å². The van der Waals surface area contributed by atoms with Crippen LogP contribution in [-0.2, 0) is 11.2 Å². The van der Waals surface area contributed by atoms with Crippen molar-refractivity contribution in [1.29, 1.82) is 0 Å². The molecule has 0 fully saturated rings. The number of amides is 1. The molecule has 1 aromatic rings. The highest BCUT2D eigenvalue weighted by Crippen LogP contribution is 2.34. The number of hydrogen-bond acceptors (Lipinski definition) is 1. The third kappa shape index (κ3) is 7.29. The van der Waals surface area contributed by atoms with Crippen LogP contribution in [0.25, 0.3) is 0 Å². The average molecular weight is 423 g/mol. The van der Waals surface area contributed by atoms with Crippen LogP contribution in [-0.4, -0.2) is 19.0 Å². The van der Waals surface area contributed by atoms with Crippen molar-refractivity contribution in [3.8, 4) is 0 Å². The molecule has 1 aliphatic heterocycles. The second kappa shape index (κ2) is 12.0. The predicted molar refractivity (Wildman–Crippen MR) is 121 cm³/mol. The van der Waals surface area contributed by atoms with Crippen LogP contribution in [0.4, 0.5) is 11.4 Å². The number of anilines is 1. The van der Waals surface area contributed by atoms with Crippen LogP contribution in [0.3, 0.4) is 0 Å². The topological polar surface area (TPSA) is 33.5 Å². The molecule has 0 bridgehead atoms. The Morgan fingerprint density at radius 2 is 1.59 bits per heavy atom. The number of carbonyl (C=O) groups is 1. The molecule has 2 N–H and O–H groups in total. The highest BCUT2D eigenvalue weighted by atomic mass is 35.5. The minimum atomic E-state index is -0.374. The lowest BCUT2D eigenvalue weighted by Crippen LogP contribution is -3.06. The summed E-state index contributed by atoms with van der Waals surface area (Å²) < 4.78 is 0. The van der Waals surface area contributed by atoms with Crippen LogP contribution in [0.1, 0.15) is 95.8 Å². The maximum absolute atomic E-state index is 12.7. The van der Waals surface area contributed by atoms with Gasteiger partial charge in [0.25, 0.3) is 0 Å². The fourth-order valence-corrected chi connectivity index (χ4v) is 4.33. The number of hydrogen-bond donors (Lipinski definition) is 2. The summed E-state index contributed by atoms with van der Waals surface area (Å²) in [7, 11) is 0. The van der Waals surface area contributed by atoms with E-state index in [-0.39, 0.29) is 23.7 Å². The van der Waals surface area contributed by atoms with Crippen molar-refractivity contribution in [2.75, 3.05) is 18.4 Å². The Morgan fingerprint density at radius 3 is 2.17 bits per heavy atom. The molecule has 0 aromatic heterocycles. The van der Waals surface area contributed by atoms with E-state index in [0.29, 0.717) is 0 Å². The Labute approximate surface area is 185 Å². The third-order valence-corrected chi connectivity index (χ3v) is 6.14. The SMILES string of the molecule is CCCCCCCCCC[NH+]1CCc2c(C)cc(C)c(NC(=O)C(C)(C)C)c21.[Cl-]. The molecule has 1 atom stereocenters. The van der Waals surface area contributed by atoms with Gasteiger partial charge in [-0.25, -0.2) is 0 Å². The summed E-state index contributed by atoms with van der Waals surface area (Å²) in [5.41, 5.74) is 6.12. The molecule has 1 amide bonds. The number of rotatable bonds is 10. The zero-order valence-corrected chi connectivity index (χ0v) is 20.4. The molecule has 1 aliphatic rings. The van der Waals surface area contributed by atoms with E-state index in [1.165, 1.54) is 80.3 Å². The van der Waals surface area contributed by atoms with Gasteiger partial charge >= 0.3 is 0 Å². The number of benzene rings is 1. The highest BCUT2D eigenvalue weighted by molar-refractivity contribution is 5.97. The lowest BCUT2D eigenvalue weighted by Gasteiger charge is -2.23. The largest absolute Gasteiger partial charge is 1.00 e. The number of halogens is 1. The molecule has 0 radical (unpaired) electrons. The molecular formula is C25H43ClN2O. The summed E-state index contributed by atoms with van der Waals surface area (Å²) in [4.78, 5) is 14.2. The third-order valence-electron chi connectivity index (χ3n) is 6.14. The molecule has 0 saturated carbocycles. The van der Waals surface area contributed by atoms with Gasteiger partial charge in [-0.05, 0) is 37.8 Å². The monoisotopic (exact) mass is 422 g/mol. The zero-order valence-electron chi connectivity index (χ0n) is 19.6. The number of fused-ring (bicyclic) bond motifs is 1. The normalized spacial score (nSPS) is 15.7. The summed E-state index contributed by atoms with van der Waals surface area (Å²) in [6, 6.07) is 2.25. The second-order valence-corrected chi connectivity index (χ2v) is 9.77. The first kappa shape index (κ1) is 26.0. The predicted octanol–water partition coefficient (Wildman–Crippen LogP) is 2.51. The molecule has 4 heteroatoms. The summed E-state index contributed by atoms with van der Waals surface area (Å²) in [6.45, 7) is 14.9. The van der Waals surface area contributed by atoms with Crippen LogP contribution >= 0.6 is 0 Å². The van der Waals surface area contributed by atoms with Gasteiger partial charge in [-0.2, -0.15) is 0 Å². The van der Waals surface area contributed by atoms with Crippen molar-refractivity contribution in [3.05, 3.63) is 22.8 Å². The molecule has 3 nitrogen and oxygen atoms in total. The highest BCUT2D eigenvalue weighted by Gasteiger charge is 2.32. The number of quaternary nitrogens is 1. The zero-order chi connectivity index (χ0) is 20.7. The van der Waals surface area contributed by atoms with Crippen molar-refractivity contribution in [2.24, 2.45) is 5.41 Å². The van der Waals surface area contributed by atoms with E-state index in [1.807, 2.05) is 20.8 Å². The molecule has 29 heavy (non-hydrogen) atoms. The Balaban J connectivity index is 0.00000420. The Kier molecular flexibility index (Phi) is 10.7. The van der Waals surface area contributed by atoms with Crippen molar-refractivity contribution >= 4 is 17.3 Å². The van der Waals surface area contributed by atoms with Crippen molar-refractivity contribution in [2.45, 2.75) is 99.3 Å². The first-order valence-electron chi connectivity index (χ1n) is 11.5. The second-order valence-electron chi connectivity index (χ2n) is 9.77. The average Bonchev–Trinajstić information content (AvgIpc) is 3.04. The van der Waals surface area contributed by atoms with Gasteiger partial charge in [0.2, 0.25) is 5.91 Å². The van der Waals surface area contributed by atoms with Gasteiger partial charge in [-0.1, -0.05) is 72.3 Å². The number of aryl methyl sites for hydroxylation is 2. The maximum atomic E-state index is 12.7. The molecule has 2 rings (SSSR count). The van der Waals surface area contributed by atoms with E-state index in [1.54, 1.807) is 4.90 Å². The fourth-order valence-electron chi connectivity index (χ4n) is 4.33. The van der Waals surface area contributed by atoms with E-state index in [0.717, 1.165) is 18.7 Å². The van der Waals surface area contributed by atoms with Gasteiger partial charge in [-0.3, -0.25) is 4.79 Å². The minimum Gasteiger partial charge on any atom is -1.00 e. The van der Waals surface area contributed by atoms with E-state index in [9.17, 15) is 4.79 Å². The molecule has 0 aliphatic carbocycles. The van der Waals surface area contributed by atoms with Crippen LogP contribution in [0, 0.1) is 19.3 Å². The summed E-state index contributed by atoms with van der Waals surface area (Å²) in [5.74, 6) is 0.111. The summed E-state index contributed by atoms with van der Waals surface area (Å²) >= 11 is 0. The van der Waals surface area contributed by atoms with Gasteiger partial charge in [0.05, 0.1) is 13.1 Å². The number of nitrogens with one attached hydrogen (secondary N) is 2. The smallest absolute Gasteiger partial charge is 0.229 e. The van der Waals surface area contributed by atoms with Gasteiger partial charge < -0.3 is 22.6 Å². The quantitative estimate of drug-likeness (QED) is 0.558. The lowest BCUT2D eigenvalue weighted by atomic mass is 9.94. The molecule has 1 unspecified atom stereocenters. The standard InChI is InChI=1S/C25H42N2O.ClH/c1-7-8-9-10-11-12-13-14-16-27-17-15-21-19(2)18-20(3)22(23(21)27)26-24(28)25(4,5)6;/h18H,7-17H2,1-6H3,(H,26,28);1H. The van der Waals surface area contributed by atoms with Crippen LogP contribution in [0.5, 0.6) is 0 Å². The van der Waals surface area contributed by atoms with E-state index < -0.39 is 0 Å². The first-order chi connectivity index (χ1) is 13.3. The fraction of sp³-hybridized carbons (Fsp3) is 0.720. The molecule has 0 saturated heterocycles. The van der Waals surface area contributed by atoms with Crippen molar-refractivity contribution in [1.82, 2.24) is 0 Å². The van der Waals surface area contributed by atoms with Crippen molar-refractivity contribution in [3.63, 3.8) is 0 Å². The van der Waals surface area contributed by atoms with E-state index in [4.69, 9.17) is 0 Å². The minimum absolute atomic E-state index is 0. The van der Waals surface area contributed by atoms with E-state index >= 15 is 0 Å². The van der Waals surface area contributed by atoms with Crippen LogP contribution in [0.15, 0.2) is 6.07 Å². The summed E-state index contributed by atoms with van der Waals surface area (Å²) in [6.07, 6.45) is 12.0. The maximum Gasteiger partial charge on any atom is 0.229 e. The van der Waals surface area contributed by atoms with Gasteiger partial charge in [-0.15, -0.1) is 0 Å². The lowest BCUT2D eigenvalue weighted by molar-refractivity contribution is -0.825. The van der Waals surface area contributed by atoms with Crippen molar-refractivity contribution < 1.29 is 22.1 Å². The first-order valence-corrected chi connectivity index (χ1v) is 11.5. The molecule has 1 heterocycles. The molecular weight excluding hydrogens is 380 g/mol. The summed E-state index contributed by atoms with van der Waals surface area (Å²) in [5, 5.41) is 3.28. The van der Waals surface area contributed by atoms with Gasteiger partial charge in [0.15, 0.2) is 5.69 Å². The Morgan fingerprint density at radius 1 is 1.00 bits per heavy atom. The van der Waals surface area contributed by atoms with Gasteiger partial charge in [0, 0.05) is 17.4 Å². The van der Waals surface area contributed by atoms with E-state index in [2.05, 4.69) is 32.2 Å². The van der Waals surface area contributed by atoms with Crippen LogP contribution < -0.4 is 22.6 Å². The molecule has 1 aromatic carbocycles. The Bertz CT molecular complexity index is 664. The molecule has 166 valence electrons. The number of unbranched alkanes of at least 4 members (excludes halogenated alkanes) is 7. The molecule has 0 spiro atoms.